The summed E-state index contributed by atoms with van der Waals surface area (Å²) in [6.45, 7) is 7.01. The number of methoxy groups -OCH3 is 1. The lowest BCUT2D eigenvalue weighted by molar-refractivity contribution is 0.172. The zero-order valence-corrected chi connectivity index (χ0v) is 19.4. The molecule has 7 heteroatoms. The maximum Gasteiger partial charge on any atom is 0.192 e. The Kier molecular flexibility index (Phi) is 12.1. The van der Waals surface area contributed by atoms with Crippen LogP contribution in [0.2, 0.25) is 0 Å². The van der Waals surface area contributed by atoms with Gasteiger partial charge in [0.15, 0.2) is 5.96 Å². The first kappa shape index (κ1) is 23.7. The van der Waals surface area contributed by atoms with Gasteiger partial charge < -0.3 is 20.1 Å². The number of halogens is 1. The SMILES string of the molecule is CCNC(=NCc1cccc(OCCCOC)c1)NC(C)c1cccs1.I. The predicted octanol–water partition coefficient (Wildman–Crippen LogP) is 4.60. The maximum atomic E-state index is 5.76. The Morgan fingerprint density at radius 1 is 1.22 bits per heavy atom. The molecule has 0 bridgehead atoms. The zero-order valence-electron chi connectivity index (χ0n) is 16.2. The standard InChI is InChI=1S/C20H29N3O2S.HI/c1-4-21-20(23-16(2)19-10-6-13-26-19)22-15-17-8-5-9-18(14-17)25-12-7-11-24-3;/h5-6,8-10,13-14,16H,4,7,11-12,15H2,1-3H3,(H2,21,22,23);1H. The third kappa shape index (κ3) is 8.94. The molecular weight excluding hydrogens is 473 g/mol. The van der Waals surface area contributed by atoms with Crippen LogP contribution in [0.15, 0.2) is 46.8 Å². The molecule has 0 saturated heterocycles. The van der Waals surface area contributed by atoms with E-state index in [0.717, 1.165) is 30.2 Å². The summed E-state index contributed by atoms with van der Waals surface area (Å²) in [5, 5.41) is 8.86. The number of hydrogen-bond donors (Lipinski definition) is 2. The van der Waals surface area contributed by atoms with Gasteiger partial charge >= 0.3 is 0 Å². The maximum absolute atomic E-state index is 5.76. The minimum atomic E-state index is 0. The lowest BCUT2D eigenvalue weighted by Crippen LogP contribution is -2.38. The van der Waals surface area contributed by atoms with Gasteiger partial charge in [0, 0.05) is 31.6 Å². The van der Waals surface area contributed by atoms with Crippen molar-refractivity contribution in [2.45, 2.75) is 32.9 Å². The first-order chi connectivity index (χ1) is 12.7. The summed E-state index contributed by atoms with van der Waals surface area (Å²) in [6, 6.07) is 12.5. The van der Waals surface area contributed by atoms with Crippen LogP contribution in [0.4, 0.5) is 0 Å². The van der Waals surface area contributed by atoms with Gasteiger partial charge in [-0.3, -0.25) is 0 Å². The Hall–Kier alpha value is -1.32. The van der Waals surface area contributed by atoms with Gasteiger partial charge in [0.05, 0.1) is 19.2 Å². The van der Waals surface area contributed by atoms with Gasteiger partial charge in [-0.05, 0) is 43.0 Å². The molecule has 2 aromatic rings. The smallest absolute Gasteiger partial charge is 0.192 e. The number of benzene rings is 1. The Balaban J connectivity index is 0.00000364. The molecule has 1 atom stereocenters. The molecule has 2 N–H and O–H groups in total. The van der Waals surface area contributed by atoms with Crippen LogP contribution in [0, 0.1) is 0 Å². The normalized spacial score (nSPS) is 12.2. The Labute approximate surface area is 183 Å². The van der Waals surface area contributed by atoms with E-state index in [2.05, 4.69) is 48.1 Å². The molecule has 0 spiro atoms. The topological polar surface area (TPSA) is 54.9 Å². The van der Waals surface area contributed by atoms with Gasteiger partial charge in [-0.2, -0.15) is 0 Å². The molecule has 1 aromatic carbocycles. The molecule has 0 radical (unpaired) electrons. The molecule has 5 nitrogen and oxygen atoms in total. The molecule has 27 heavy (non-hydrogen) atoms. The summed E-state index contributed by atoms with van der Waals surface area (Å²) in [5.41, 5.74) is 1.12. The van der Waals surface area contributed by atoms with Crippen molar-refractivity contribution in [3.63, 3.8) is 0 Å². The van der Waals surface area contributed by atoms with E-state index in [1.165, 1.54) is 4.88 Å². The Bertz CT molecular complexity index is 665. The second kappa shape index (κ2) is 13.8. The van der Waals surface area contributed by atoms with Crippen molar-refractivity contribution in [2.75, 3.05) is 26.9 Å². The molecule has 2 rings (SSSR count). The van der Waals surface area contributed by atoms with Crippen molar-refractivity contribution in [1.29, 1.82) is 0 Å². The fourth-order valence-corrected chi connectivity index (χ4v) is 3.17. The first-order valence-corrected chi connectivity index (χ1v) is 9.89. The molecule has 0 aliphatic carbocycles. The number of guanidine groups is 1. The third-order valence-electron chi connectivity index (χ3n) is 3.75. The minimum Gasteiger partial charge on any atom is -0.493 e. The molecule has 1 heterocycles. The van der Waals surface area contributed by atoms with Gasteiger partial charge in [0.25, 0.3) is 0 Å². The molecule has 1 aromatic heterocycles. The van der Waals surface area contributed by atoms with Crippen LogP contribution in [0.1, 0.15) is 36.8 Å². The zero-order chi connectivity index (χ0) is 18.6. The van der Waals surface area contributed by atoms with Crippen molar-refractivity contribution in [1.82, 2.24) is 10.6 Å². The summed E-state index contributed by atoms with van der Waals surface area (Å²) in [7, 11) is 1.70. The van der Waals surface area contributed by atoms with E-state index in [-0.39, 0.29) is 30.0 Å². The van der Waals surface area contributed by atoms with Crippen LogP contribution < -0.4 is 15.4 Å². The van der Waals surface area contributed by atoms with Crippen LogP contribution in [0.3, 0.4) is 0 Å². The number of rotatable bonds is 10. The first-order valence-electron chi connectivity index (χ1n) is 9.02. The Morgan fingerprint density at radius 2 is 2.07 bits per heavy atom. The van der Waals surface area contributed by atoms with Crippen molar-refractivity contribution in [2.24, 2.45) is 4.99 Å². The largest absolute Gasteiger partial charge is 0.493 e. The average molecular weight is 503 g/mol. The molecule has 0 aliphatic rings. The fourth-order valence-electron chi connectivity index (χ4n) is 2.43. The molecule has 0 amide bonds. The summed E-state index contributed by atoms with van der Waals surface area (Å²) < 4.78 is 10.8. The van der Waals surface area contributed by atoms with Crippen LogP contribution in [0.5, 0.6) is 5.75 Å². The molecule has 0 fully saturated rings. The third-order valence-corrected chi connectivity index (χ3v) is 4.80. The van der Waals surface area contributed by atoms with Crippen LogP contribution >= 0.6 is 35.3 Å². The highest BCUT2D eigenvalue weighted by Crippen LogP contribution is 2.18. The Morgan fingerprint density at radius 3 is 2.78 bits per heavy atom. The fraction of sp³-hybridized carbons (Fsp3) is 0.450. The van der Waals surface area contributed by atoms with E-state index >= 15 is 0 Å². The van der Waals surface area contributed by atoms with Gasteiger partial charge in [0.1, 0.15) is 5.75 Å². The van der Waals surface area contributed by atoms with Gasteiger partial charge in [-0.1, -0.05) is 18.2 Å². The van der Waals surface area contributed by atoms with Gasteiger partial charge in [0.2, 0.25) is 0 Å². The quantitative estimate of drug-likeness (QED) is 0.216. The molecular formula is C20H30IN3O2S. The number of hydrogen-bond acceptors (Lipinski definition) is 4. The van der Waals surface area contributed by atoms with E-state index in [1.807, 2.05) is 18.2 Å². The summed E-state index contributed by atoms with van der Waals surface area (Å²) >= 11 is 1.75. The summed E-state index contributed by atoms with van der Waals surface area (Å²) in [4.78, 5) is 6.00. The number of nitrogens with one attached hydrogen (secondary N) is 2. The second-order valence-corrected chi connectivity index (χ2v) is 6.90. The highest BCUT2D eigenvalue weighted by atomic mass is 127. The van der Waals surface area contributed by atoms with E-state index in [4.69, 9.17) is 14.5 Å². The van der Waals surface area contributed by atoms with Gasteiger partial charge in [-0.25, -0.2) is 4.99 Å². The molecule has 1 unspecified atom stereocenters. The van der Waals surface area contributed by atoms with Crippen LogP contribution in [0.25, 0.3) is 0 Å². The predicted molar refractivity (Wildman–Crippen MR) is 125 cm³/mol. The molecule has 0 aliphatic heterocycles. The lowest BCUT2D eigenvalue weighted by atomic mass is 10.2. The second-order valence-electron chi connectivity index (χ2n) is 5.92. The van der Waals surface area contributed by atoms with E-state index in [1.54, 1.807) is 18.4 Å². The van der Waals surface area contributed by atoms with Crippen molar-refractivity contribution in [3.8, 4) is 5.75 Å². The monoisotopic (exact) mass is 503 g/mol. The number of thiophene rings is 1. The molecule has 150 valence electrons. The average Bonchev–Trinajstić information content (AvgIpc) is 3.19. The summed E-state index contributed by atoms with van der Waals surface area (Å²) in [5.74, 6) is 1.69. The highest BCUT2D eigenvalue weighted by Gasteiger charge is 2.08. The highest BCUT2D eigenvalue weighted by molar-refractivity contribution is 14.0. The number of ether oxygens (including phenoxy) is 2. The van der Waals surface area contributed by atoms with E-state index in [0.29, 0.717) is 19.8 Å². The van der Waals surface area contributed by atoms with Crippen molar-refractivity contribution < 1.29 is 9.47 Å². The summed E-state index contributed by atoms with van der Waals surface area (Å²) in [6.07, 6.45) is 0.883. The van der Waals surface area contributed by atoms with Crippen molar-refractivity contribution >= 4 is 41.3 Å². The number of aliphatic imine (C=N–C) groups is 1. The van der Waals surface area contributed by atoms with Crippen LogP contribution in [-0.4, -0.2) is 32.8 Å². The van der Waals surface area contributed by atoms with E-state index < -0.39 is 0 Å². The van der Waals surface area contributed by atoms with Gasteiger partial charge in [-0.15, -0.1) is 35.3 Å². The van der Waals surface area contributed by atoms with E-state index in [9.17, 15) is 0 Å². The minimum absolute atomic E-state index is 0. The molecule has 0 saturated carbocycles. The van der Waals surface area contributed by atoms with Crippen LogP contribution in [-0.2, 0) is 11.3 Å². The number of nitrogens with zero attached hydrogens (tertiary/aromatic N) is 1. The lowest BCUT2D eigenvalue weighted by Gasteiger charge is -2.16. The van der Waals surface area contributed by atoms with Crippen molar-refractivity contribution in [3.05, 3.63) is 52.2 Å².